The van der Waals surface area contributed by atoms with Crippen molar-refractivity contribution < 1.29 is 4.42 Å². The molecule has 0 amide bonds. The minimum absolute atomic E-state index is 0.909. The number of hydrogen-bond donors (Lipinski definition) is 0. The molecule has 254 valence electrons. The van der Waals surface area contributed by atoms with Crippen molar-refractivity contribution >= 4 is 86.6 Å². The van der Waals surface area contributed by atoms with Crippen LogP contribution in [-0.2, 0) is 0 Å². The predicted octanol–water partition coefficient (Wildman–Crippen LogP) is 15.5. The third-order valence-electron chi connectivity index (χ3n) is 11.8. The summed E-state index contributed by atoms with van der Waals surface area (Å²) < 4.78 is 6.66. The molecule has 0 saturated carbocycles. The monoisotopic (exact) mass is 696 g/mol. The van der Waals surface area contributed by atoms with Crippen molar-refractivity contribution in [2.45, 2.75) is 0 Å². The van der Waals surface area contributed by atoms with Crippen LogP contribution in [0.15, 0.2) is 199 Å². The Morgan fingerprint density at radius 3 is 1.27 bits per heavy atom. The van der Waals surface area contributed by atoms with Crippen molar-refractivity contribution in [3.8, 4) is 33.4 Å². The van der Waals surface area contributed by atoms with Gasteiger partial charge in [0.25, 0.3) is 0 Å². The van der Waals surface area contributed by atoms with E-state index in [9.17, 15) is 0 Å². The van der Waals surface area contributed by atoms with Crippen LogP contribution < -0.4 is 0 Å². The van der Waals surface area contributed by atoms with E-state index in [1.165, 1.54) is 87.1 Å². The Morgan fingerprint density at radius 1 is 0.236 bits per heavy atom. The summed E-state index contributed by atoms with van der Waals surface area (Å²) >= 11 is 0. The van der Waals surface area contributed by atoms with Gasteiger partial charge in [-0.15, -0.1) is 0 Å². The number of hydrogen-bond acceptors (Lipinski definition) is 1. The van der Waals surface area contributed by atoms with Gasteiger partial charge in [0.1, 0.15) is 11.2 Å². The molecule has 11 aromatic carbocycles. The molecule has 55 heavy (non-hydrogen) atoms. The highest BCUT2D eigenvalue weighted by Gasteiger charge is 2.19. The summed E-state index contributed by atoms with van der Waals surface area (Å²) in [5, 5.41) is 17.3. The SMILES string of the molecule is c1ccc2c(c1)ccc1c3ccc(-c4c5ccccc5c(-c5ccc(-c6ccc7c8ccccc8c8ccccc8c7c6)cc5)c5ccccc45)cc3oc21. The van der Waals surface area contributed by atoms with Crippen LogP contribution in [0.2, 0.25) is 0 Å². The maximum absolute atomic E-state index is 6.66. The Labute approximate surface area is 317 Å². The summed E-state index contributed by atoms with van der Waals surface area (Å²) in [5.41, 5.74) is 9.14. The molecule has 0 saturated heterocycles. The molecule has 0 bridgehead atoms. The lowest BCUT2D eigenvalue weighted by Crippen LogP contribution is -1.91. The van der Waals surface area contributed by atoms with Gasteiger partial charge in [0.15, 0.2) is 0 Å². The third-order valence-corrected chi connectivity index (χ3v) is 11.8. The second kappa shape index (κ2) is 11.6. The van der Waals surface area contributed by atoms with E-state index in [0.717, 1.165) is 32.9 Å². The third kappa shape index (κ3) is 4.48. The Kier molecular flexibility index (Phi) is 6.40. The summed E-state index contributed by atoms with van der Waals surface area (Å²) in [6.07, 6.45) is 0. The van der Waals surface area contributed by atoms with Gasteiger partial charge in [0.2, 0.25) is 0 Å². The maximum Gasteiger partial charge on any atom is 0.143 e. The highest BCUT2D eigenvalue weighted by atomic mass is 16.3. The summed E-state index contributed by atoms with van der Waals surface area (Å²) in [6, 6.07) is 71.0. The topological polar surface area (TPSA) is 13.1 Å². The molecule has 0 unspecified atom stereocenters. The molecule has 0 spiro atoms. The van der Waals surface area contributed by atoms with Gasteiger partial charge in [-0.3, -0.25) is 0 Å². The number of benzene rings is 11. The lowest BCUT2D eigenvalue weighted by Gasteiger charge is -2.18. The summed E-state index contributed by atoms with van der Waals surface area (Å²) in [6.45, 7) is 0. The molecule has 1 heterocycles. The quantitative estimate of drug-likeness (QED) is 0.132. The van der Waals surface area contributed by atoms with E-state index in [1.54, 1.807) is 0 Å². The minimum atomic E-state index is 0.909. The molecule has 0 atom stereocenters. The first-order chi connectivity index (χ1) is 27.3. The van der Waals surface area contributed by atoms with Crippen LogP contribution in [0.4, 0.5) is 0 Å². The largest absolute Gasteiger partial charge is 0.455 e. The normalized spacial score (nSPS) is 12.0. The summed E-state index contributed by atoms with van der Waals surface area (Å²) in [7, 11) is 0. The highest BCUT2D eigenvalue weighted by Crippen LogP contribution is 2.46. The van der Waals surface area contributed by atoms with Crippen molar-refractivity contribution in [1.82, 2.24) is 0 Å². The molecule has 0 radical (unpaired) electrons. The van der Waals surface area contributed by atoms with E-state index < -0.39 is 0 Å². The Bertz CT molecular complexity index is 3440. The maximum atomic E-state index is 6.66. The zero-order valence-corrected chi connectivity index (χ0v) is 29.9. The van der Waals surface area contributed by atoms with Crippen LogP contribution in [0.25, 0.3) is 120 Å². The molecule has 12 aromatic rings. The van der Waals surface area contributed by atoms with Crippen molar-refractivity contribution in [3.63, 3.8) is 0 Å². The van der Waals surface area contributed by atoms with Gasteiger partial charge in [-0.1, -0.05) is 170 Å². The number of fused-ring (bicyclic) bond motifs is 13. The fourth-order valence-electron chi connectivity index (χ4n) is 9.33. The number of rotatable bonds is 3. The molecule has 1 heteroatoms. The molecule has 0 aliphatic carbocycles. The van der Waals surface area contributed by atoms with E-state index in [2.05, 4.69) is 194 Å². The van der Waals surface area contributed by atoms with Crippen molar-refractivity contribution in [3.05, 3.63) is 194 Å². The Balaban J connectivity index is 1.02. The molecule has 1 aromatic heterocycles. The van der Waals surface area contributed by atoms with Gasteiger partial charge in [0, 0.05) is 16.2 Å². The van der Waals surface area contributed by atoms with E-state index >= 15 is 0 Å². The average Bonchev–Trinajstić information content (AvgIpc) is 3.64. The molecular formula is C54H32O. The molecular weight excluding hydrogens is 665 g/mol. The van der Waals surface area contributed by atoms with E-state index in [1.807, 2.05) is 0 Å². The van der Waals surface area contributed by atoms with Crippen LogP contribution >= 0.6 is 0 Å². The van der Waals surface area contributed by atoms with E-state index in [0.29, 0.717) is 0 Å². The smallest absolute Gasteiger partial charge is 0.143 e. The first kappa shape index (κ1) is 30.3. The Hall–Kier alpha value is -7.22. The highest BCUT2D eigenvalue weighted by molar-refractivity contribution is 6.26. The molecule has 1 nitrogen and oxygen atoms in total. The zero-order chi connectivity index (χ0) is 36.0. The fraction of sp³-hybridized carbons (Fsp3) is 0. The average molecular weight is 697 g/mol. The first-order valence-electron chi connectivity index (χ1n) is 19.0. The molecule has 0 aliphatic heterocycles. The standard InChI is InChI=1S/C54H32O/c1-2-12-38-34(11-1)25-30-49-44-29-27-37(32-51(44)55-54(38)49)53-47-19-9-7-17-45(47)52(46-18-8-10-20-48(46)53)35-23-21-33(22-24-35)36-26-28-43-41-15-4-3-13-39(41)40-14-5-6-16-42(40)50(43)31-36/h1-32H. The number of furan rings is 1. The van der Waals surface area contributed by atoms with Gasteiger partial charge in [-0.25, -0.2) is 0 Å². The zero-order valence-electron chi connectivity index (χ0n) is 29.9. The van der Waals surface area contributed by atoms with Crippen LogP contribution in [0, 0.1) is 0 Å². The minimum Gasteiger partial charge on any atom is -0.455 e. The van der Waals surface area contributed by atoms with Crippen LogP contribution in [0.1, 0.15) is 0 Å². The first-order valence-corrected chi connectivity index (χ1v) is 19.0. The lowest BCUT2D eigenvalue weighted by atomic mass is 9.85. The van der Waals surface area contributed by atoms with Crippen LogP contribution in [-0.4, -0.2) is 0 Å². The lowest BCUT2D eigenvalue weighted by molar-refractivity contribution is 0.673. The second-order valence-electron chi connectivity index (χ2n) is 14.7. The molecule has 0 N–H and O–H groups in total. The summed E-state index contributed by atoms with van der Waals surface area (Å²) in [4.78, 5) is 0. The predicted molar refractivity (Wildman–Crippen MR) is 235 cm³/mol. The molecule has 0 aliphatic rings. The van der Waals surface area contributed by atoms with Gasteiger partial charge in [0.05, 0.1) is 0 Å². The fourth-order valence-corrected chi connectivity index (χ4v) is 9.33. The van der Waals surface area contributed by atoms with Crippen molar-refractivity contribution in [2.75, 3.05) is 0 Å². The summed E-state index contributed by atoms with van der Waals surface area (Å²) in [5.74, 6) is 0. The Morgan fingerprint density at radius 2 is 0.655 bits per heavy atom. The van der Waals surface area contributed by atoms with Gasteiger partial charge < -0.3 is 4.42 Å². The van der Waals surface area contributed by atoms with Gasteiger partial charge in [-0.2, -0.15) is 0 Å². The van der Waals surface area contributed by atoms with Crippen LogP contribution in [0.3, 0.4) is 0 Å². The van der Waals surface area contributed by atoms with E-state index in [-0.39, 0.29) is 0 Å². The van der Waals surface area contributed by atoms with Gasteiger partial charge >= 0.3 is 0 Å². The van der Waals surface area contributed by atoms with Crippen molar-refractivity contribution in [2.24, 2.45) is 0 Å². The van der Waals surface area contributed by atoms with Gasteiger partial charge in [-0.05, 0) is 117 Å². The van der Waals surface area contributed by atoms with E-state index in [4.69, 9.17) is 4.42 Å². The van der Waals surface area contributed by atoms with Crippen molar-refractivity contribution in [1.29, 1.82) is 0 Å². The van der Waals surface area contributed by atoms with Crippen LogP contribution in [0.5, 0.6) is 0 Å². The molecule has 0 fully saturated rings. The second-order valence-corrected chi connectivity index (χ2v) is 14.7. The molecule has 12 rings (SSSR count).